The first-order valence-corrected chi connectivity index (χ1v) is 8.39. The zero-order chi connectivity index (χ0) is 14.6. The van der Waals surface area contributed by atoms with Gasteiger partial charge in [0.15, 0.2) is 9.84 Å². The molecule has 0 bridgehead atoms. The minimum Gasteiger partial charge on any atom is -0.313 e. The molecular formula is C15H25NO2S. The molecule has 108 valence electrons. The number of hydrogen-bond donors (Lipinski definition) is 1. The van der Waals surface area contributed by atoms with E-state index in [9.17, 15) is 8.42 Å². The van der Waals surface area contributed by atoms with Crippen molar-refractivity contribution in [2.75, 3.05) is 6.54 Å². The second kappa shape index (κ2) is 6.53. The fourth-order valence-corrected chi connectivity index (χ4v) is 3.93. The van der Waals surface area contributed by atoms with Crippen LogP contribution in [0.2, 0.25) is 0 Å². The summed E-state index contributed by atoms with van der Waals surface area (Å²) < 4.78 is 25.3. The van der Waals surface area contributed by atoms with Gasteiger partial charge in [0.05, 0.1) is 10.1 Å². The first-order chi connectivity index (χ1) is 8.80. The van der Waals surface area contributed by atoms with E-state index in [0.29, 0.717) is 4.90 Å². The van der Waals surface area contributed by atoms with Crippen LogP contribution in [-0.4, -0.2) is 26.3 Å². The van der Waals surface area contributed by atoms with E-state index in [2.05, 4.69) is 12.2 Å². The first kappa shape index (κ1) is 16.2. The lowest BCUT2D eigenvalue weighted by molar-refractivity contribution is 0.509. The van der Waals surface area contributed by atoms with Crippen LogP contribution in [0.4, 0.5) is 0 Å². The minimum absolute atomic E-state index is 0.0503. The number of hydrogen-bond acceptors (Lipinski definition) is 3. The predicted octanol–water partition coefficient (Wildman–Crippen LogP) is 2.85. The molecule has 2 unspecified atom stereocenters. The van der Waals surface area contributed by atoms with Crippen molar-refractivity contribution in [1.82, 2.24) is 5.32 Å². The number of sulfone groups is 1. The Hall–Kier alpha value is -0.870. The zero-order valence-electron chi connectivity index (χ0n) is 12.5. The van der Waals surface area contributed by atoms with E-state index in [1.807, 2.05) is 32.9 Å². The molecule has 0 aliphatic carbocycles. The van der Waals surface area contributed by atoms with E-state index in [0.717, 1.165) is 24.1 Å². The van der Waals surface area contributed by atoms with E-state index >= 15 is 0 Å². The number of nitrogens with one attached hydrogen (secondary N) is 1. The molecule has 0 heterocycles. The molecule has 1 N–H and O–H groups in total. The largest absolute Gasteiger partial charge is 0.313 e. The summed E-state index contributed by atoms with van der Waals surface area (Å²) in [5, 5.41) is 2.83. The van der Waals surface area contributed by atoms with E-state index < -0.39 is 15.1 Å². The maximum Gasteiger partial charge on any atom is 0.182 e. The Morgan fingerprint density at radius 1 is 1.21 bits per heavy atom. The third-order valence-corrected chi connectivity index (χ3v) is 6.01. The van der Waals surface area contributed by atoms with Crippen molar-refractivity contribution in [3.8, 4) is 0 Å². The van der Waals surface area contributed by atoms with Crippen LogP contribution in [0.1, 0.15) is 38.3 Å². The van der Waals surface area contributed by atoms with Crippen molar-refractivity contribution in [2.45, 2.75) is 57.2 Å². The van der Waals surface area contributed by atoms with Gasteiger partial charge in [-0.15, -0.1) is 0 Å². The average Bonchev–Trinajstić information content (AvgIpc) is 2.34. The van der Waals surface area contributed by atoms with E-state index in [1.54, 1.807) is 13.0 Å². The molecule has 0 fully saturated rings. The highest BCUT2D eigenvalue weighted by molar-refractivity contribution is 7.92. The molecule has 0 aliphatic rings. The third kappa shape index (κ3) is 3.80. The van der Waals surface area contributed by atoms with Crippen molar-refractivity contribution in [1.29, 1.82) is 0 Å². The Kier molecular flexibility index (Phi) is 5.56. The first-order valence-electron chi connectivity index (χ1n) is 6.85. The molecule has 19 heavy (non-hydrogen) atoms. The molecule has 1 aromatic rings. The monoisotopic (exact) mass is 283 g/mol. The quantitative estimate of drug-likeness (QED) is 0.873. The summed E-state index contributed by atoms with van der Waals surface area (Å²) in [6, 6.07) is 5.45. The van der Waals surface area contributed by atoms with Gasteiger partial charge in [-0.2, -0.15) is 0 Å². The van der Waals surface area contributed by atoms with Gasteiger partial charge in [-0.05, 0) is 52.3 Å². The highest BCUT2D eigenvalue weighted by Gasteiger charge is 2.29. The molecule has 2 atom stereocenters. The van der Waals surface area contributed by atoms with Crippen LogP contribution in [0.25, 0.3) is 0 Å². The van der Waals surface area contributed by atoms with E-state index in [4.69, 9.17) is 0 Å². The van der Waals surface area contributed by atoms with Gasteiger partial charge in [-0.25, -0.2) is 8.42 Å². The Morgan fingerprint density at radius 2 is 1.84 bits per heavy atom. The predicted molar refractivity (Wildman–Crippen MR) is 80.3 cm³/mol. The highest BCUT2D eigenvalue weighted by Crippen LogP contribution is 2.22. The van der Waals surface area contributed by atoms with E-state index in [-0.39, 0.29) is 6.04 Å². The molecule has 3 nitrogen and oxygen atoms in total. The molecule has 4 heteroatoms. The van der Waals surface area contributed by atoms with E-state index in [1.165, 1.54) is 0 Å². The van der Waals surface area contributed by atoms with Gasteiger partial charge in [0.1, 0.15) is 0 Å². The molecule has 0 saturated carbocycles. The van der Waals surface area contributed by atoms with Gasteiger partial charge in [-0.3, -0.25) is 0 Å². The molecular weight excluding hydrogens is 258 g/mol. The second-order valence-electron chi connectivity index (χ2n) is 5.26. The molecule has 1 rings (SSSR count). The molecule has 0 radical (unpaired) electrons. The van der Waals surface area contributed by atoms with Crippen molar-refractivity contribution in [3.05, 3.63) is 29.3 Å². The zero-order valence-corrected chi connectivity index (χ0v) is 13.3. The summed E-state index contributed by atoms with van der Waals surface area (Å²) >= 11 is 0. The molecule has 0 amide bonds. The minimum atomic E-state index is -3.28. The van der Waals surface area contributed by atoms with Gasteiger partial charge < -0.3 is 5.32 Å². The number of rotatable bonds is 6. The molecule has 0 aliphatic heterocycles. The Morgan fingerprint density at radius 3 is 2.37 bits per heavy atom. The molecule has 0 saturated heterocycles. The smallest absolute Gasteiger partial charge is 0.182 e. The number of benzene rings is 1. The Labute approximate surface area is 117 Å². The third-order valence-electron chi connectivity index (χ3n) is 3.55. The Balaban J connectivity index is 3.02. The summed E-state index contributed by atoms with van der Waals surface area (Å²) in [4.78, 5) is 0.454. The average molecular weight is 283 g/mol. The fraction of sp³-hybridized carbons (Fsp3) is 0.600. The Bertz CT molecular complexity index is 523. The van der Waals surface area contributed by atoms with Crippen LogP contribution < -0.4 is 5.32 Å². The van der Waals surface area contributed by atoms with Crippen molar-refractivity contribution >= 4 is 9.84 Å². The van der Waals surface area contributed by atoms with Crippen molar-refractivity contribution in [3.63, 3.8) is 0 Å². The second-order valence-corrected chi connectivity index (χ2v) is 7.54. The van der Waals surface area contributed by atoms with Crippen LogP contribution in [0, 0.1) is 13.8 Å². The van der Waals surface area contributed by atoms with Gasteiger partial charge >= 0.3 is 0 Å². The summed E-state index contributed by atoms with van der Waals surface area (Å²) in [7, 11) is -3.28. The lowest BCUT2D eigenvalue weighted by Gasteiger charge is -2.22. The standard InChI is InChI=1S/C15H25NO2S/c1-6-9-16-13(4)14(5)19(17,18)15-8-7-11(2)10-12(15)3/h7-8,10,13-14,16H,6,9H2,1-5H3. The fourth-order valence-electron chi connectivity index (χ4n) is 2.13. The lowest BCUT2D eigenvalue weighted by Crippen LogP contribution is -2.40. The summed E-state index contributed by atoms with van der Waals surface area (Å²) in [6.45, 7) is 10.5. The summed E-state index contributed by atoms with van der Waals surface area (Å²) in [6.07, 6.45) is 1.00. The number of aryl methyl sites for hydroxylation is 2. The molecule has 0 spiro atoms. The maximum atomic E-state index is 12.6. The van der Waals surface area contributed by atoms with Gasteiger partial charge in [0.25, 0.3) is 0 Å². The van der Waals surface area contributed by atoms with Crippen LogP contribution in [0.3, 0.4) is 0 Å². The normalized spacial score (nSPS) is 15.2. The van der Waals surface area contributed by atoms with Crippen LogP contribution in [-0.2, 0) is 9.84 Å². The van der Waals surface area contributed by atoms with Crippen LogP contribution >= 0.6 is 0 Å². The van der Waals surface area contributed by atoms with Gasteiger partial charge in [0.2, 0.25) is 0 Å². The van der Waals surface area contributed by atoms with Gasteiger partial charge in [-0.1, -0.05) is 24.6 Å². The summed E-state index contributed by atoms with van der Waals surface area (Å²) in [5.41, 5.74) is 1.91. The lowest BCUT2D eigenvalue weighted by atomic mass is 10.2. The van der Waals surface area contributed by atoms with Crippen LogP contribution in [0.5, 0.6) is 0 Å². The van der Waals surface area contributed by atoms with Crippen molar-refractivity contribution < 1.29 is 8.42 Å². The topological polar surface area (TPSA) is 46.2 Å². The van der Waals surface area contributed by atoms with Gasteiger partial charge in [0, 0.05) is 6.04 Å². The highest BCUT2D eigenvalue weighted by atomic mass is 32.2. The maximum absolute atomic E-state index is 12.6. The van der Waals surface area contributed by atoms with Crippen molar-refractivity contribution in [2.24, 2.45) is 0 Å². The van der Waals surface area contributed by atoms with Crippen LogP contribution in [0.15, 0.2) is 23.1 Å². The molecule has 0 aromatic heterocycles. The summed E-state index contributed by atoms with van der Waals surface area (Å²) in [5.74, 6) is 0. The SMILES string of the molecule is CCCNC(C)C(C)S(=O)(=O)c1ccc(C)cc1C. The molecule has 1 aromatic carbocycles.